The molecule has 5 nitrogen and oxygen atoms in total. The van der Waals surface area contributed by atoms with E-state index >= 15 is 0 Å². The Morgan fingerprint density at radius 2 is 1.96 bits per heavy atom. The van der Waals surface area contributed by atoms with Crippen LogP contribution in [0.15, 0.2) is 30.5 Å². The number of benzene rings is 1. The summed E-state index contributed by atoms with van der Waals surface area (Å²) in [5, 5.41) is 7.55. The predicted octanol–water partition coefficient (Wildman–Crippen LogP) is 3.55. The second-order valence-corrected chi connectivity index (χ2v) is 6.89. The first-order chi connectivity index (χ1) is 12.0. The minimum absolute atomic E-state index is 0.00943. The predicted molar refractivity (Wildman–Crippen MR) is 102 cm³/mol. The fourth-order valence-corrected chi connectivity index (χ4v) is 2.94. The zero-order valence-electron chi connectivity index (χ0n) is 15.7. The molecule has 2 aromatic rings. The summed E-state index contributed by atoms with van der Waals surface area (Å²) in [4.78, 5) is 12.8. The van der Waals surface area contributed by atoms with E-state index in [-0.39, 0.29) is 17.9 Å². The van der Waals surface area contributed by atoms with Crippen molar-refractivity contribution in [3.05, 3.63) is 47.3 Å². The molecule has 0 spiro atoms. The lowest BCUT2D eigenvalue weighted by Crippen LogP contribution is -2.40. The Bertz CT molecular complexity index is 688. The van der Waals surface area contributed by atoms with Crippen LogP contribution in [-0.2, 0) is 0 Å². The Morgan fingerprint density at radius 1 is 1.28 bits per heavy atom. The summed E-state index contributed by atoms with van der Waals surface area (Å²) in [6.07, 6.45) is 4.72. The third-order valence-corrected chi connectivity index (χ3v) is 4.40. The normalized spacial score (nSPS) is 12.4. The molecule has 5 heteroatoms. The number of carbonyl (C=O) groups excluding carboxylic acids is 1. The van der Waals surface area contributed by atoms with E-state index in [1.54, 1.807) is 6.20 Å². The van der Waals surface area contributed by atoms with Crippen LogP contribution >= 0.6 is 0 Å². The highest BCUT2D eigenvalue weighted by molar-refractivity contribution is 5.95. The van der Waals surface area contributed by atoms with Gasteiger partial charge in [0, 0.05) is 12.6 Å². The smallest absolute Gasteiger partial charge is 0.255 e. The summed E-state index contributed by atoms with van der Waals surface area (Å²) in [6, 6.07) is 8.17. The average molecular weight is 342 g/mol. The first-order valence-electron chi connectivity index (χ1n) is 9.13. The maximum Gasteiger partial charge on any atom is 0.255 e. The third kappa shape index (κ3) is 4.69. The van der Waals surface area contributed by atoms with Gasteiger partial charge in [0.05, 0.1) is 23.1 Å². The van der Waals surface area contributed by atoms with Crippen LogP contribution in [0.1, 0.15) is 67.6 Å². The first-order valence-corrected chi connectivity index (χ1v) is 9.13. The Kier molecular flexibility index (Phi) is 6.76. The van der Waals surface area contributed by atoms with Crippen molar-refractivity contribution >= 4 is 5.91 Å². The molecule has 136 valence electrons. The molecule has 0 aliphatic carbocycles. The van der Waals surface area contributed by atoms with Crippen LogP contribution in [0, 0.1) is 6.92 Å². The average Bonchev–Trinajstić information content (AvgIpc) is 3.04. The van der Waals surface area contributed by atoms with Crippen molar-refractivity contribution < 1.29 is 4.79 Å². The molecule has 1 unspecified atom stereocenters. The molecule has 0 bridgehead atoms. The number of nitrogens with one attached hydrogen (secondary N) is 1. The largest absolute Gasteiger partial charge is 0.348 e. The van der Waals surface area contributed by atoms with Crippen molar-refractivity contribution in [2.75, 3.05) is 6.54 Å². The SMILES string of the molecule is CCCCC(CN)NC(=O)c1cnn(-c2ccc(C)cc2)c1C(C)C. The van der Waals surface area contributed by atoms with Gasteiger partial charge in [-0.15, -0.1) is 0 Å². The van der Waals surface area contributed by atoms with E-state index in [1.807, 2.05) is 16.8 Å². The molecule has 1 aromatic heterocycles. The summed E-state index contributed by atoms with van der Waals surface area (Å²) in [6.45, 7) is 8.80. The summed E-state index contributed by atoms with van der Waals surface area (Å²) < 4.78 is 1.86. The van der Waals surface area contributed by atoms with Gasteiger partial charge in [0.1, 0.15) is 0 Å². The monoisotopic (exact) mass is 342 g/mol. The zero-order chi connectivity index (χ0) is 18.4. The van der Waals surface area contributed by atoms with E-state index in [0.29, 0.717) is 12.1 Å². The lowest BCUT2D eigenvalue weighted by Gasteiger charge is -2.18. The first kappa shape index (κ1) is 19.2. The van der Waals surface area contributed by atoms with E-state index in [4.69, 9.17) is 5.73 Å². The molecule has 0 fully saturated rings. The van der Waals surface area contributed by atoms with Gasteiger partial charge < -0.3 is 11.1 Å². The highest BCUT2D eigenvalue weighted by Crippen LogP contribution is 2.23. The Hall–Kier alpha value is -2.14. The van der Waals surface area contributed by atoms with Crippen LogP contribution in [0.4, 0.5) is 0 Å². The highest BCUT2D eigenvalue weighted by atomic mass is 16.1. The van der Waals surface area contributed by atoms with Crippen LogP contribution in [0.3, 0.4) is 0 Å². The molecule has 0 radical (unpaired) electrons. The molecule has 0 aliphatic rings. The molecule has 3 N–H and O–H groups in total. The van der Waals surface area contributed by atoms with Gasteiger partial charge >= 0.3 is 0 Å². The maximum atomic E-state index is 12.8. The number of aromatic nitrogens is 2. The van der Waals surface area contributed by atoms with Gasteiger partial charge in [-0.25, -0.2) is 4.68 Å². The maximum absolute atomic E-state index is 12.8. The third-order valence-electron chi connectivity index (χ3n) is 4.40. The van der Waals surface area contributed by atoms with Crippen LogP contribution in [0.25, 0.3) is 5.69 Å². The van der Waals surface area contributed by atoms with Gasteiger partial charge in [-0.3, -0.25) is 4.79 Å². The number of amides is 1. The molecule has 0 saturated carbocycles. The van der Waals surface area contributed by atoms with Crippen LogP contribution < -0.4 is 11.1 Å². The number of hydrogen-bond donors (Lipinski definition) is 2. The molecule has 1 heterocycles. The van der Waals surface area contributed by atoms with E-state index in [9.17, 15) is 4.79 Å². The second kappa shape index (κ2) is 8.81. The number of hydrogen-bond acceptors (Lipinski definition) is 3. The van der Waals surface area contributed by atoms with E-state index in [0.717, 1.165) is 30.6 Å². The number of aryl methyl sites for hydroxylation is 1. The summed E-state index contributed by atoms with van der Waals surface area (Å²) in [7, 11) is 0. The number of nitrogens with zero attached hydrogens (tertiary/aromatic N) is 2. The molecule has 0 saturated heterocycles. The van der Waals surface area contributed by atoms with Crippen molar-refractivity contribution in [2.45, 2.75) is 58.9 Å². The molecule has 25 heavy (non-hydrogen) atoms. The Morgan fingerprint density at radius 3 is 2.52 bits per heavy atom. The Balaban J connectivity index is 2.29. The minimum Gasteiger partial charge on any atom is -0.348 e. The van der Waals surface area contributed by atoms with Crippen molar-refractivity contribution in [3.63, 3.8) is 0 Å². The van der Waals surface area contributed by atoms with E-state index in [2.05, 4.69) is 50.2 Å². The molecule has 1 atom stereocenters. The van der Waals surface area contributed by atoms with Gasteiger partial charge in [-0.1, -0.05) is 51.3 Å². The molecule has 2 rings (SSSR count). The molecular weight excluding hydrogens is 312 g/mol. The number of unbranched alkanes of at least 4 members (excludes halogenated alkanes) is 1. The van der Waals surface area contributed by atoms with E-state index < -0.39 is 0 Å². The summed E-state index contributed by atoms with van der Waals surface area (Å²) >= 11 is 0. The van der Waals surface area contributed by atoms with Gasteiger partial charge in [0.15, 0.2) is 0 Å². The number of carbonyl (C=O) groups is 1. The molecule has 0 aliphatic heterocycles. The van der Waals surface area contributed by atoms with Crippen LogP contribution in [0.2, 0.25) is 0 Å². The van der Waals surface area contributed by atoms with Crippen molar-refractivity contribution in [3.8, 4) is 5.69 Å². The highest BCUT2D eigenvalue weighted by Gasteiger charge is 2.22. The summed E-state index contributed by atoms with van der Waals surface area (Å²) in [5.74, 6) is 0.0881. The minimum atomic E-state index is -0.0892. The van der Waals surface area contributed by atoms with Crippen molar-refractivity contribution in [1.82, 2.24) is 15.1 Å². The molecule has 1 aromatic carbocycles. The van der Waals surface area contributed by atoms with Crippen LogP contribution in [-0.4, -0.2) is 28.3 Å². The van der Waals surface area contributed by atoms with Gasteiger partial charge in [-0.2, -0.15) is 5.10 Å². The quantitative estimate of drug-likeness (QED) is 0.770. The zero-order valence-corrected chi connectivity index (χ0v) is 15.7. The Labute approximate surface area is 150 Å². The fourth-order valence-electron chi connectivity index (χ4n) is 2.94. The fraction of sp³-hybridized carbons (Fsp3) is 0.500. The lowest BCUT2D eigenvalue weighted by atomic mass is 10.0. The number of rotatable bonds is 8. The standard InChI is InChI=1S/C20H30N4O/c1-5-6-7-16(12-21)23-20(25)18-13-22-24(19(18)14(2)3)17-10-8-15(4)9-11-17/h8-11,13-14,16H,5-7,12,21H2,1-4H3,(H,23,25). The van der Waals surface area contributed by atoms with Gasteiger partial charge in [0.2, 0.25) is 0 Å². The second-order valence-electron chi connectivity index (χ2n) is 6.89. The van der Waals surface area contributed by atoms with E-state index in [1.165, 1.54) is 5.56 Å². The van der Waals surface area contributed by atoms with Gasteiger partial charge in [0.25, 0.3) is 5.91 Å². The van der Waals surface area contributed by atoms with Crippen molar-refractivity contribution in [1.29, 1.82) is 0 Å². The topological polar surface area (TPSA) is 72.9 Å². The summed E-state index contributed by atoms with van der Waals surface area (Å²) in [5.41, 5.74) is 9.53. The van der Waals surface area contributed by atoms with Crippen LogP contribution in [0.5, 0.6) is 0 Å². The molecule has 1 amide bonds. The lowest BCUT2D eigenvalue weighted by molar-refractivity contribution is 0.0934. The number of nitrogens with two attached hydrogens (primary N) is 1. The molecular formula is C20H30N4O. The van der Waals surface area contributed by atoms with Crippen molar-refractivity contribution in [2.24, 2.45) is 5.73 Å². The van der Waals surface area contributed by atoms with Gasteiger partial charge in [-0.05, 0) is 31.4 Å².